The SMILES string of the molecule is O=S1(=O)NC(O)=CN1c1c(O)cc(F)cc1F. The van der Waals surface area contributed by atoms with E-state index in [-0.39, 0.29) is 4.31 Å². The lowest BCUT2D eigenvalue weighted by molar-refractivity contribution is 0.392. The predicted molar refractivity (Wildman–Crippen MR) is 53.3 cm³/mol. The highest BCUT2D eigenvalue weighted by atomic mass is 32.2. The molecule has 1 heterocycles. The van der Waals surface area contributed by atoms with Crippen molar-refractivity contribution in [2.75, 3.05) is 4.31 Å². The van der Waals surface area contributed by atoms with Crippen LogP contribution in [-0.4, -0.2) is 18.6 Å². The molecule has 0 atom stereocenters. The number of anilines is 1. The molecule has 9 heteroatoms. The van der Waals surface area contributed by atoms with Gasteiger partial charge in [0, 0.05) is 12.1 Å². The highest BCUT2D eigenvalue weighted by molar-refractivity contribution is 7.91. The van der Waals surface area contributed by atoms with Crippen LogP contribution in [0.3, 0.4) is 0 Å². The smallest absolute Gasteiger partial charge is 0.330 e. The lowest BCUT2D eigenvalue weighted by atomic mass is 10.2. The molecule has 0 saturated carbocycles. The quantitative estimate of drug-likeness (QED) is 0.695. The average molecular weight is 264 g/mol. The molecule has 0 radical (unpaired) electrons. The van der Waals surface area contributed by atoms with Gasteiger partial charge in [0.1, 0.15) is 17.3 Å². The summed E-state index contributed by atoms with van der Waals surface area (Å²) in [6, 6.07) is 0.963. The summed E-state index contributed by atoms with van der Waals surface area (Å²) in [5.74, 6) is -3.98. The zero-order valence-corrected chi connectivity index (χ0v) is 8.87. The van der Waals surface area contributed by atoms with Gasteiger partial charge in [0.05, 0.1) is 6.20 Å². The maximum atomic E-state index is 13.4. The number of nitrogens with zero attached hydrogens (tertiary/aromatic N) is 1. The van der Waals surface area contributed by atoms with E-state index >= 15 is 0 Å². The minimum atomic E-state index is -4.23. The van der Waals surface area contributed by atoms with Gasteiger partial charge >= 0.3 is 10.2 Å². The first-order valence-corrected chi connectivity index (χ1v) is 5.66. The van der Waals surface area contributed by atoms with Crippen LogP contribution in [0.25, 0.3) is 0 Å². The van der Waals surface area contributed by atoms with Crippen molar-refractivity contribution < 1.29 is 27.4 Å². The van der Waals surface area contributed by atoms with Gasteiger partial charge in [0.15, 0.2) is 5.82 Å². The second kappa shape index (κ2) is 3.48. The molecule has 0 saturated heterocycles. The molecule has 0 unspecified atom stereocenters. The Balaban J connectivity index is 2.63. The minimum Gasteiger partial charge on any atom is -0.506 e. The summed E-state index contributed by atoms with van der Waals surface area (Å²) in [6.45, 7) is 0. The summed E-state index contributed by atoms with van der Waals surface area (Å²) in [6.07, 6.45) is 0.644. The zero-order chi connectivity index (χ0) is 12.8. The summed E-state index contributed by atoms with van der Waals surface area (Å²) in [5, 5.41) is 18.3. The topological polar surface area (TPSA) is 89.9 Å². The van der Waals surface area contributed by atoms with Gasteiger partial charge in [-0.2, -0.15) is 8.42 Å². The van der Waals surface area contributed by atoms with Crippen LogP contribution in [0.1, 0.15) is 0 Å². The monoisotopic (exact) mass is 264 g/mol. The van der Waals surface area contributed by atoms with Gasteiger partial charge in [-0.05, 0) is 0 Å². The Morgan fingerprint density at radius 3 is 2.35 bits per heavy atom. The molecule has 1 aliphatic heterocycles. The standard InChI is InChI=1S/C8H6F2N2O4S/c9-4-1-5(10)8(6(13)2-4)12-3-7(14)11-17(12,15)16/h1-3,11,13-14H. The van der Waals surface area contributed by atoms with E-state index in [0.717, 1.165) is 0 Å². The Morgan fingerprint density at radius 1 is 1.24 bits per heavy atom. The number of phenolic OH excluding ortho intramolecular Hbond substituents is 1. The molecule has 6 nitrogen and oxygen atoms in total. The van der Waals surface area contributed by atoms with Crippen LogP contribution < -0.4 is 9.03 Å². The van der Waals surface area contributed by atoms with Crippen molar-refractivity contribution in [1.29, 1.82) is 0 Å². The van der Waals surface area contributed by atoms with E-state index in [1.165, 1.54) is 0 Å². The van der Waals surface area contributed by atoms with E-state index in [4.69, 9.17) is 5.11 Å². The van der Waals surface area contributed by atoms with Gasteiger partial charge in [-0.3, -0.25) is 0 Å². The first kappa shape index (κ1) is 11.5. The van der Waals surface area contributed by atoms with Gasteiger partial charge in [0.25, 0.3) is 0 Å². The van der Waals surface area contributed by atoms with Crippen LogP contribution >= 0.6 is 0 Å². The third-order valence-corrected chi connectivity index (χ3v) is 3.23. The molecule has 1 aromatic carbocycles. The van der Waals surface area contributed by atoms with E-state index in [0.29, 0.717) is 18.3 Å². The summed E-state index contributed by atoms with van der Waals surface area (Å²) in [7, 11) is -4.23. The van der Waals surface area contributed by atoms with Crippen LogP contribution in [-0.2, 0) is 10.2 Å². The first-order valence-electron chi connectivity index (χ1n) is 4.22. The second-order valence-electron chi connectivity index (χ2n) is 3.17. The van der Waals surface area contributed by atoms with Crippen LogP contribution in [0.5, 0.6) is 5.75 Å². The molecular weight excluding hydrogens is 258 g/mol. The number of aliphatic hydroxyl groups is 1. The molecule has 0 bridgehead atoms. The summed E-state index contributed by atoms with van der Waals surface area (Å²) in [4.78, 5) is 0. The van der Waals surface area contributed by atoms with Gasteiger partial charge in [-0.1, -0.05) is 0 Å². The lowest BCUT2D eigenvalue weighted by Crippen LogP contribution is -2.30. The van der Waals surface area contributed by atoms with Crippen molar-refractivity contribution in [1.82, 2.24) is 4.72 Å². The Hall–Kier alpha value is -2.03. The zero-order valence-electron chi connectivity index (χ0n) is 8.05. The molecule has 0 spiro atoms. The Labute approximate surface area is 94.6 Å². The van der Waals surface area contributed by atoms with Crippen LogP contribution in [0.2, 0.25) is 0 Å². The largest absolute Gasteiger partial charge is 0.506 e. The number of nitrogens with one attached hydrogen (secondary N) is 1. The fourth-order valence-electron chi connectivity index (χ4n) is 1.34. The van der Waals surface area contributed by atoms with Crippen molar-refractivity contribution >= 4 is 15.9 Å². The van der Waals surface area contributed by atoms with Crippen LogP contribution in [0, 0.1) is 11.6 Å². The number of hydrogen-bond donors (Lipinski definition) is 3. The summed E-state index contributed by atoms with van der Waals surface area (Å²) in [5.41, 5.74) is -0.775. The van der Waals surface area contributed by atoms with Crippen molar-refractivity contribution in [3.63, 3.8) is 0 Å². The fraction of sp³-hybridized carbons (Fsp3) is 0. The number of halogens is 2. The average Bonchev–Trinajstić information content (AvgIpc) is 2.37. The number of hydrogen-bond acceptors (Lipinski definition) is 4. The number of rotatable bonds is 1. The summed E-state index contributed by atoms with van der Waals surface area (Å²) < 4.78 is 50.8. The highest BCUT2D eigenvalue weighted by Gasteiger charge is 2.33. The van der Waals surface area contributed by atoms with Gasteiger partial charge in [-0.15, -0.1) is 0 Å². The van der Waals surface area contributed by atoms with Crippen LogP contribution in [0.15, 0.2) is 24.2 Å². The molecule has 1 aromatic rings. The van der Waals surface area contributed by atoms with E-state index in [1.807, 2.05) is 0 Å². The van der Waals surface area contributed by atoms with Crippen molar-refractivity contribution in [3.8, 4) is 5.75 Å². The third-order valence-electron chi connectivity index (χ3n) is 1.96. The Bertz CT molecular complexity index is 591. The van der Waals surface area contributed by atoms with Crippen molar-refractivity contribution in [3.05, 3.63) is 35.9 Å². The molecule has 92 valence electrons. The van der Waals surface area contributed by atoms with Crippen molar-refractivity contribution in [2.24, 2.45) is 0 Å². The van der Waals surface area contributed by atoms with E-state index in [2.05, 4.69) is 0 Å². The molecule has 0 amide bonds. The normalized spacial score (nSPS) is 17.8. The number of benzene rings is 1. The Kier molecular flexibility index (Phi) is 2.35. The molecular formula is C8H6F2N2O4S. The molecule has 0 aromatic heterocycles. The van der Waals surface area contributed by atoms with Gasteiger partial charge in [-0.25, -0.2) is 17.8 Å². The Morgan fingerprint density at radius 2 is 1.88 bits per heavy atom. The summed E-state index contributed by atoms with van der Waals surface area (Å²) >= 11 is 0. The predicted octanol–water partition coefficient (Wildman–Crippen LogP) is 0.682. The second-order valence-corrected chi connectivity index (χ2v) is 4.72. The number of aliphatic hydroxyl groups excluding tert-OH is 1. The van der Waals surface area contributed by atoms with Crippen molar-refractivity contribution in [2.45, 2.75) is 0 Å². The number of phenols is 1. The highest BCUT2D eigenvalue weighted by Crippen LogP contribution is 2.34. The molecule has 0 fully saturated rings. The van der Waals surface area contributed by atoms with E-state index < -0.39 is 39.2 Å². The molecule has 0 aliphatic carbocycles. The maximum absolute atomic E-state index is 13.4. The maximum Gasteiger partial charge on any atom is 0.330 e. The molecule has 17 heavy (non-hydrogen) atoms. The van der Waals surface area contributed by atoms with E-state index in [1.54, 1.807) is 4.72 Å². The molecule has 3 N–H and O–H groups in total. The number of aromatic hydroxyl groups is 1. The third kappa shape index (κ3) is 1.84. The van der Waals surface area contributed by atoms with Gasteiger partial charge < -0.3 is 10.2 Å². The van der Waals surface area contributed by atoms with Gasteiger partial charge in [0.2, 0.25) is 5.88 Å². The minimum absolute atomic E-state index is 0.270. The fourth-order valence-corrected chi connectivity index (χ4v) is 2.42. The molecule has 1 aliphatic rings. The first-order chi connectivity index (χ1) is 7.81. The lowest BCUT2D eigenvalue weighted by Gasteiger charge is -2.15. The van der Waals surface area contributed by atoms with Crippen LogP contribution in [0.4, 0.5) is 14.5 Å². The molecule has 2 rings (SSSR count). The van der Waals surface area contributed by atoms with E-state index in [9.17, 15) is 22.3 Å².